The molecule has 1 atom stereocenters. The molecule has 1 aromatic carbocycles. The van der Waals surface area contributed by atoms with Crippen molar-refractivity contribution in [2.24, 2.45) is 5.92 Å². The summed E-state index contributed by atoms with van der Waals surface area (Å²) in [4.78, 5) is 0. The molecule has 2 heteroatoms. The van der Waals surface area contributed by atoms with Crippen LogP contribution in [-0.4, -0.2) is 19.7 Å². The van der Waals surface area contributed by atoms with Crippen LogP contribution in [0.5, 0.6) is 5.75 Å². The highest BCUT2D eigenvalue weighted by atomic mass is 16.5. The number of likely N-dealkylation sites (N-methyl/N-ethyl adjacent to an activating group) is 1. The van der Waals surface area contributed by atoms with Crippen LogP contribution in [0.4, 0.5) is 0 Å². The van der Waals surface area contributed by atoms with E-state index in [-0.39, 0.29) is 6.10 Å². The molecule has 0 saturated heterocycles. The Labute approximate surface area is 99.0 Å². The van der Waals surface area contributed by atoms with Crippen LogP contribution in [0.25, 0.3) is 0 Å². The Morgan fingerprint density at radius 1 is 1.19 bits per heavy atom. The molecule has 2 nitrogen and oxygen atoms in total. The number of aryl methyl sites for hydroxylation is 1. The van der Waals surface area contributed by atoms with Crippen LogP contribution < -0.4 is 10.1 Å². The van der Waals surface area contributed by atoms with E-state index >= 15 is 0 Å². The van der Waals surface area contributed by atoms with Crippen LogP contribution in [0.1, 0.15) is 26.3 Å². The van der Waals surface area contributed by atoms with Crippen molar-refractivity contribution in [3.63, 3.8) is 0 Å². The standard InChI is InChI=1S/C14H23NO/c1-5-12-6-8-13(9-7-12)16-14(10-15-4)11(2)3/h6-9,11,14-15H,5,10H2,1-4H3. The number of nitrogens with one attached hydrogen (secondary N) is 1. The van der Waals surface area contributed by atoms with Gasteiger partial charge in [0.15, 0.2) is 0 Å². The van der Waals surface area contributed by atoms with Crippen LogP contribution in [0, 0.1) is 5.92 Å². The van der Waals surface area contributed by atoms with Crippen LogP contribution in [0.3, 0.4) is 0 Å². The zero-order valence-electron chi connectivity index (χ0n) is 10.8. The number of benzene rings is 1. The summed E-state index contributed by atoms with van der Waals surface area (Å²) >= 11 is 0. The van der Waals surface area contributed by atoms with Crippen LogP contribution in [0.2, 0.25) is 0 Å². The molecule has 16 heavy (non-hydrogen) atoms. The lowest BCUT2D eigenvalue weighted by molar-refractivity contribution is 0.151. The molecule has 0 fully saturated rings. The fraction of sp³-hybridized carbons (Fsp3) is 0.571. The maximum Gasteiger partial charge on any atom is 0.119 e. The molecule has 0 heterocycles. The zero-order valence-corrected chi connectivity index (χ0v) is 10.8. The Morgan fingerprint density at radius 2 is 1.81 bits per heavy atom. The van der Waals surface area contributed by atoms with Gasteiger partial charge in [-0.15, -0.1) is 0 Å². The lowest BCUT2D eigenvalue weighted by atomic mass is 10.1. The summed E-state index contributed by atoms with van der Waals surface area (Å²) in [5, 5.41) is 3.17. The van der Waals surface area contributed by atoms with Gasteiger partial charge in [0.25, 0.3) is 0 Å². The Bertz CT molecular complexity index is 292. The first-order valence-electron chi connectivity index (χ1n) is 6.07. The summed E-state index contributed by atoms with van der Waals surface area (Å²) in [6, 6.07) is 8.38. The molecule has 0 aliphatic carbocycles. The topological polar surface area (TPSA) is 21.3 Å². The molecule has 90 valence electrons. The third kappa shape index (κ3) is 3.86. The van der Waals surface area contributed by atoms with E-state index in [1.165, 1.54) is 5.56 Å². The fourth-order valence-electron chi connectivity index (χ4n) is 1.59. The molecular weight excluding hydrogens is 198 g/mol. The maximum absolute atomic E-state index is 5.95. The van der Waals surface area contributed by atoms with Gasteiger partial charge in [-0.3, -0.25) is 0 Å². The minimum absolute atomic E-state index is 0.234. The van der Waals surface area contributed by atoms with Gasteiger partial charge in [-0.2, -0.15) is 0 Å². The molecule has 1 unspecified atom stereocenters. The van der Waals surface area contributed by atoms with Crippen molar-refractivity contribution in [3.8, 4) is 5.75 Å². The molecule has 0 amide bonds. The summed E-state index contributed by atoms with van der Waals surface area (Å²) in [5.74, 6) is 1.48. The normalized spacial score (nSPS) is 12.8. The molecule has 0 radical (unpaired) electrons. The van der Waals surface area contributed by atoms with E-state index in [4.69, 9.17) is 4.74 Å². The van der Waals surface area contributed by atoms with E-state index in [9.17, 15) is 0 Å². The third-order valence-electron chi connectivity index (χ3n) is 2.77. The van der Waals surface area contributed by atoms with E-state index in [1.807, 2.05) is 7.05 Å². The quantitative estimate of drug-likeness (QED) is 0.797. The van der Waals surface area contributed by atoms with Gasteiger partial charge < -0.3 is 10.1 Å². The Kier molecular flexibility index (Phi) is 5.33. The van der Waals surface area contributed by atoms with Crippen LogP contribution >= 0.6 is 0 Å². The average Bonchev–Trinajstić information content (AvgIpc) is 2.29. The number of ether oxygens (including phenoxy) is 1. The molecule has 0 bridgehead atoms. The Balaban J connectivity index is 2.62. The summed E-state index contributed by atoms with van der Waals surface area (Å²) < 4.78 is 5.95. The van der Waals surface area contributed by atoms with E-state index < -0.39 is 0 Å². The number of hydrogen-bond acceptors (Lipinski definition) is 2. The summed E-state index contributed by atoms with van der Waals surface area (Å²) in [7, 11) is 1.96. The molecule has 0 saturated carbocycles. The van der Waals surface area contributed by atoms with Crippen LogP contribution in [-0.2, 0) is 6.42 Å². The van der Waals surface area contributed by atoms with Crippen molar-refractivity contribution in [1.82, 2.24) is 5.32 Å². The minimum atomic E-state index is 0.234. The first-order valence-corrected chi connectivity index (χ1v) is 6.07. The second-order valence-corrected chi connectivity index (χ2v) is 4.46. The minimum Gasteiger partial charge on any atom is -0.489 e. The van der Waals surface area contributed by atoms with Crippen molar-refractivity contribution in [3.05, 3.63) is 29.8 Å². The maximum atomic E-state index is 5.95. The predicted octanol–water partition coefficient (Wildman–Crippen LogP) is 2.87. The van der Waals surface area contributed by atoms with E-state index in [1.54, 1.807) is 0 Å². The second kappa shape index (κ2) is 6.54. The molecule has 0 aliphatic rings. The largest absolute Gasteiger partial charge is 0.489 e. The summed E-state index contributed by atoms with van der Waals surface area (Å²) in [6.45, 7) is 7.41. The molecule has 1 rings (SSSR count). The van der Waals surface area contributed by atoms with Crippen molar-refractivity contribution in [2.45, 2.75) is 33.3 Å². The highest BCUT2D eigenvalue weighted by molar-refractivity contribution is 5.27. The van der Waals surface area contributed by atoms with Crippen molar-refractivity contribution in [2.75, 3.05) is 13.6 Å². The van der Waals surface area contributed by atoms with Gasteiger partial charge in [0.05, 0.1) is 0 Å². The molecular formula is C14H23NO. The highest BCUT2D eigenvalue weighted by Crippen LogP contribution is 2.16. The summed E-state index contributed by atoms with van der Waals surface area (Å²) in [6.07, 6.45) is 1.31. The predicted molar refractivity (Wildman–Crippen MR) is 69.0 cm³/mol. The zero-order chi connectivity index (χ0) is 12.0. The molecule has 0 aliphatic heterocycles. The lowest BCUT2D eigenvalue weighted by Gasteiger charge is -2.22. The molecule has 0 aromatic heterocycles. The van der Waals surface area contributed by atoms with Gasteiger partial charge in [0.1, 0.15) is 11.9 Å². The second-order valence-electron chi connectivity index (χ2n) is 4.46. The van der Waals surface area contributed by atoms with Gasteiger partial charge >= 0.3 is 0 Å². The van der Waals surface area contributed by atoms with Gasteiger partial charge in [0.2, 0.25) is 0 Å². The van der Waals surface area contributed by atoms with Crippen molar-refractivity contribution in [1.29, 1.82) is 0 Å². The number of hydrogen-bond donors (Lipinski definition) is 1. The average molecular weight is 221 g/mol. The van der Waals surface area contributed by atoms with Crippen LogP contribution in [0.15, 0.2) is 24.3 Å². The van der Waals surface area contributed by atoms with Gasteiger partial charge in [-0.1, -0.05) is 32.9 Å². The molecule has 1 N–H and O–H groups in total. The molecule has 0 spiro atoms. The molecule has 1 aromatic rings. The lowest BCUT2D eigenvalue weighted by Crippen LogP contribution is -2.33. The van der Waals surface area contributed by atoms with Gasteiger partial charge in [0, 0.05) is 6.54 Å². The fourth-order valence-corrected chi connectivity index (χ4v) is 1.59. The van der Waals surface area contributed by atoms with Crippen molar-refractivity contribution < 1.29 is 4.74 Å². The van der Waals surface area contributed by atoms with Gasteiger partial charge in [-0.05, 0) is 37.1 Å². The van der Waals surface area contributed by atoms with Crippen molar-refractivity contribution >= 4 is 0 Å². The van der Waals surface area contributed by atoms with Gasteiger partial charge in [-0.25, -0.2) is 0 Å². The van der Waals surface area contributed by atoms with E-state index in [0.29, 0.717) is 5.92 Å². The first kappa shape index (κ1) is 13.0. The monoisotopic (exact) mass is 221 g/mol. The number of rotatable bonds is 6. The smallest absolute Gasteiger partial charge is 0.119 e. The first-order chi connectivity index (χ1) is 7.67. The summed E-state index contributed by atoms with van der Waals surface area (Å²) in [5.41, 5.74) is 1.35. The van der Waals surface area contributed by atoms with E-state index in [0.717, 1.165) is 18.7 Å². The van der Waals surface area contributed by atoms with E-state index in [2.05, 4.69) is 50.4 Å². The Morgan fingerprint density at radius 3 is 2.25 bits per heavy atom. The third-order valence-corrected chi connectivity index (χ3v) is 2.77. The Hall–Kier alpha value is -1.02. The SMILES string of the molecule is CCc1ccc(OC(CNC)C(C)C)cc1. The highest BCUT2D eigenvalue weighted by Gasteiger charge is 2.13.